The van der Waals surface area contributed by atoms with Crippen LogP contribution >= 0.6 is 0 Å². The summed E-state index contributed by atoms with van der Waals surface area (Å²) in [6.45, 7) is 4.85. The molecule has 0 saturated carbocycles. The fourth-order valence-corrected chi connectivity index (χ4v) is 4.25. The van der Waals surface area contributed by atoms with Gasteiger partial charge in [0.25, 0.3) is 0 Å². The molecule has 36 heavy (non-hydrogen) atoms. The predicted octanol–water partition coefficient (Wildman–Crippen LogP) is 4.40. The van der Waals surface area contributed by atoms with Crippen LogP contribution in [-0.2, 0) is 4.74 Å². The van der Waals surface area contributed by atoms with E-state index in [0.717, 1.165) is 66.3 Å². The van der Waals surface area contributed by atoms with E-state index in [1.807, 2.05) is 50.5 Å². The van der Waals surface area contributed by atoms with Gasteiger partial charge in [-0.1, -0.05) is 24.3 Å². The van der Waals surface area contributed by atoms with E-state index in [9.17, 15) is 0 Å². The zero-order valence-corrected chi connectivity index (χ0v) is 20.8. The van der Waals surface area contributed by atoms with Gasteiger partial charge in [0.15, 0.2) is 0 Å². The van der Waals surface area contributed by atoms with Crippen LogP contribution in [0.5, 0.6) is 5.75 Å². The lowest BCUT2D eigenvalue weighted by molar-refractivity contribution is 0.122. The van der Waals surface area contributed by atoms with Crippen LogP contribution in [0.15, 0.2) is 66.7 Å². The normalized spacial score (nSPS) is 13.8. The zero-order chi connectivity index (χ0) is 24.9. The molecule has 8 heteroatoms. The van der Waals surface area contributed by atoms with Crippen LogP contribution in [0.25, 0.3) is 22.0 Å². The maximum atomic E-state index is 6.35. The van der Waals surface area contributed by atoms with Gasteiger partial charge in [-0.05, 0) is 62.1 Å². The van der Waals surface area contributed by atoms with Crippen LogP contribution in [0.2, 0.25) is 0 Å². The summed E-state index contributed by atoms with van der Waals surface area (Å²) in [5, 5.41) is 4.14. The van der Waals surface area contributed by atoms with Gasteiger partial charge in [-0.25, -0.2) is 4.98 Å². The van der Waals surface area contributed by atoms with Gasteiger partial charge in [-0.15, -0.1) is 0 Å². The summed E-state index contributed by atoms with van der Waals surface area (Å²) in [4.78, 5) is 13.8. The molecule has 3 N–H and O–H groups in total. The number of ether oxygens (including phenoxy) is 2. The first-order chi connectivity index (χ1) is 17.6. The van der Waals surface area contributed by atoms with Gasteiger partial charge in [-0.2, -0.15) is 4.98 Å². The Bertz CT molecular complexity index is 1300. The third kappa shape index (κ3) is 5.50. The molecule has 3 aromatic carbocycles. The number of likely N-dealkylation sites (N-methyl/N-ethyl adjacent to an activating group) is 1. The number of morpholine rings is 1. The molecule has 1 aliphatic rings. The molecule has 0 amide bonds. The Morgan fingerprint density at radius 1 is 0.972 bits per heavy atom. The number of rotatable bonds is 8. The summed E-state index contributed by atoms with van der Waals surface area (Å²) in [6, 6.07) is 22.3. The van der Waals surface area contributed by atoms with Gasteiger partial charge in [0.1, 0.15) is 18.2 Å². The van der Waals surface area contributed by atoms with Crippen molar-refractivity contribution in [3.8, 4) is 16.9 Å². The van der Waals surface area contributed by atoms with Crippen LogP contribution in [0.4, 0.5) is 23.1 Å². The Morgan fingerprint density at radius 2 is 1.72 bits per heavy atom. The second-order valence-electron chi connectivity index (χ2n) is 9.08. The van der Waals surface area contributed by atoms with Crippen molar-refractivity contribution in [2.24, 2.45) is 0 Å². The maximum absolute atomic E-state index is 6.35. The van der Waals surface area contributed by atoms with Gasteiger partial charge < -0.3 is 30.3 Å². The van der Waals surface area contributed by atoms with E-state index in [1.165, 1.54) is 5.69 Å². The molecule has 1 saturated heterocycles. The largest absolute Gasteiger partial charge is 0.492 e. The number of benzene rings is 3. The fourth-order valence-electron chi connectivity index (χ4n) is 4.25. The van der Waals surface area contributed by atoms with Crippen LogP contribution in [0.1, 0.15) is 0 Å². The van der Waals surface area contributed by atoms with Crippen LogP contribution < -0.4 is 20.7 Å². The highest BCUT2D eigenvalue weighted by Gasteiger charge is 2.13. The first-order valence-electron chi connectivity index (χ1n) is 12.2. The third-order valence-corrected chi connectivity index (χ3v) is 6.23. The number of hydrogen-bond acceptors (Lipinski definition) is 8. The summed E-state index contributed by atoms with van der Waals surface area (Å²) in [7, 11) is 4.06. The molecule has 2 heterocycles. The monoisotopic (exact) mass is 484 g/mol. The van der Waals surface area contributed by atoms with Crippen molar-refractivity contribution >= 4 is 34.0 Å². The molecule has 0 bridgehead atoms. The van der Waals surface area contributed by atoms with E-state index in [-0.39, 0.29) is 0 Å². The Hall–Kier alpha value is -3.88. The molecule has 1 aliphatic heterocycles. The number of nitrogens with two attached hydrogens (primary N) is 1. The van der Waals surface area contributed by atoms with E-state index in [2.05, 4.69) is 50.4 Å². The van der Waals surface area contributed by atoms with E-state index >= 15 is 0 Å². The van der Waals surface area contributed by atoms with Crippen molar-refractivity contribution < 1.29 is 9.47 Å². The number of anilines is 4. The second-order valence-corrected chi connectivity index (χ2v) is 9.08. The van der Waals surface area contributed by atoms with Crippen molar-refractivity contribution in [2.75, 3.05) is 69.5 Å². The fraction of sp³-hybridized carbons (Fsp3) is 0.286. The molecule has 5 rings (SSSR count). The van der Waals surface area contributed by atoms with Crippen LogP contribution in [-0.4, -0.2) is 68.4 Å². The van der Waals surface area contributed by atoms with Crippen molar-refractivity contribution in [3.05, 3.63) is 66.7 Å². The summed E-state index contributed by atoms with van der Waals surface area (Å²) in [5.41, 5.74) is 11.3. The summed E-state index contributed by atoms with van der Waals surface area (Å²) in [6.07, 6.45) is 0. The van der Waals surface area contributed by atoms with E-state index in [4.69, 9.17) is 20.2 Å². The van der Waals surface area contributed by atoms with Crippen LogP contribution in [0.3, 0.4) is 0 Å². The van der Waals surface area contributed by atoms with E-state index in [1.54, 1.807) is 0 Å². The quantitative estimate of drug-likeness (QED) is 0.381. The van der Waals surface area contributed by atoms with Gasteiger partial charge in [0.2, 0.25) is 5.95 Å². The molecule has 0 atom stereocenters. The predicted molar refractivity (Wildman–Crippen MR) is 146 cm³/mol. The highest BCUT2D eigenvalue weighted by Crippen LogP contribution is 2.32. The Balaban J connectivity index is 1.37. The molecule has 8 nitrogen and oxygen atoms in total. The average Bonchev–Trinajstić information content (AvgIpc) is 2.90. The number of aromatic nitrogens is 2. The Morgan fingerprint density at radius 3 is 2.44 bits per heavy atom. The highest BCUT2D eigenvalue weighted by molar-refractivity contribution is 5.99. The lowest BCUT2D eigenvalue weighted by Gasteiger charge is -2.28. The van der Waals surface area contributed by atoms with Crippen molar-refractivity contribution in [3.63, 3.8) is 0 Å². The second kappa shape index (κ2) is 10.8. The Kier molecular flexibility index (Phi) is 7.16. The van der Waals surface area contributed by atoms with Gasteiger partial charge in [0, 0.05) is 42.0 Å². The molecule has 1 fully saturated rings. The number of nitrogens with one attached hydrogen (secondary N) is 1. The number of nitrogen functional groups attached to an aromatic ring is 1. The summed E-state index contributed by atoms with van der Waals surface area (Å²) >= 11 is 0. The standard InChI is InChI=1S/C28H32N6O2/c1-33(2)14-19-36-23-12-6-20(7-13-23)24-4-3-5-25-26(24)31-28(32-27(25)29)30-21-8-10-22(11-9-21)34-15-17-35-18-16-34/h3-13H,14-19H2,1-2H3,(H3,29,30,31,32). The van der Waals surface area contributed by atoms with Gasteiger partial charge >= 0.3 is 0 Å². The summed E-state index contributed by atoms with van der Waals surface area (Å²) in [5.74, 6) is 1.76. The van der Waals surface area contributed by atoms with Crippen LogP contribution in [0, 0.1) is 0 Å². The minimum atomic E-state index is 0.443. The van der Waals surface area contributed by atoms with E-state index in [0.29, 0.717) is 18.4 Å². The maximum Gasteiger partial charge on any atom is 0.229 e. The van der Waals surface area contributed by atoms with Crippen molar-refractivity contribution in [2.45, 2.75) is 0 Å². The lowest BCUT2D eigenvalue weighted by Crippen LogP contribution is -2.36. The molecule has 0 aliphatic carbocycles. The minimum Gasteiger partial charge on any atom is -0.492 e. The topological polar surface area (TPSA) is 88.8 Å². The number of fused-ring (bicyclic) bond motifs is 1. The SMILES string of the molecule is CN(C)CCOc1ccc(-c2cccc3c(N)nc(Nc4ccc(N5CCOCC5)cc4)nc23)cc1. The van der Waals surface area contributed by atoms with E-state index < -0.39 is 0 Å². The third-order valence-electron chi connectivity index (χ3n) is 6.23. The molecule has 4 aromatic rings. The first kappa shape index (κ1) is 23.8. The Labute approximate surface area is 211 Å². The molecular formula is C28H32N6O2. The average molecular weight is 485 g/mol. The first-order valence-corrected chi connectivity index (χ1v) is 12.2. The van der Waals surface area contributed by atoms with Crippen molar-refractivity contribution in [1.29, 1.82) is 0 Å². The van der Waals surface area contributed by atoms with Gasteiger partial charge in [-0.3, -0.25) is 0 Å². The molecule has 0 unspecified atom stereocenters. The molecule has 0 spiro atoms. The smallest absolute Gasteiger partial charge is 0.229 e. The lowest BCUT2D eigenvalue weighted by atomic mass is 10.0. The van der Waals surface area contributed by atoms with Crippen molar-refractivity contribution in [1.82, 2.24) is 14.9 Å². The molecular weight excluding hydrogens is 452 g/mol. The number of nitrogens with zero attached hydrogens (tertiary/aromatic N) is 4. The summed E-state index contributed by atoms with van der Waals surface area (Å²) < 4.78 is 11.3. The number of para-hydroxylation sites is 1. The molecule has 1 aromatic heterocycles. The van der Waals surface area contributed by atoms with Gasteiger partial charge in [0.05, 0.1) is 18.7 Å². The zero-order valence-electron chi connectivity index (χ0n) is 20.8. The highest BCUT2D eigenvalue weighted by atomic mass is 16.5. The number of hydrogen-bond donors (Lipinski definition) is 2. The molecule has 186 valence electrons. The minimum absolute atomic E-state index is 0.443. The molecule has 0 radical (unpaired) electrons.